The third kappa shape index (κ3) is 1.84. The quantitative estimate of drug-likeness (QED) is 0.579. The molecule has 1 saturated carbocycles. The Hall–Kier alpha value is -0.850. The van der Waals surface area contributed by atoms with E-state index in [1.807, 2.05) is 6.08 Å². The Kier molecular flexibility index (Phi) is 2.11. The molecule has 0 amide bonds. The Balaban J connectivity index is 2.04. The molecule has 0 heterocycles. The minimum atomic E-state index is 0.373. The topological polar surface area (TPSA) is 17.1 Å². The summed E-state index contributed by atoms with van der Waals surface area (Å²) in [6.45, 7) is 0. The Labute approximate surface area is 73.2 Å². The van der Waals surface area contributed by atoms with Crippen molar-refractivity contribution in [2.75, 3.05) is 0 Å². The Bertz CT molecular complexity index is 244. The fourth-order valence-corrected chi connectivity index (χ4v) is 1.62. The molecule has 0 spiro atoms. The lowest BCUT2D eigenvalue weighted by molar-refractivity contribution is -0.118. The van der Waals surface area contributed by atoms with Crippen molar-refractivity contribution in [1.82, 2.24) is 0 Å². The van der Waals surface area contributed by atoms with Crippen LogP contribution in [0.15, 0.2) is 23.8 Å². The summed E-state index contributed by atoms with van der Waals surface area (Å²) in [5.41, 5.74) is 1.47. The van der Waals surface area contributed by atoms with Gasteiger partial charge in [-0.05, 0) is 30.8 Å². The predicted molar refractivity (Wildman–Crippen MR) is 48.8 cm³/mol. The number of allylic oxidation sites excluding steroid dienone is 4. The van der Waals surface area contributed by atoms with E-state index in [1.165, 1.54) is 18.4 Å². The van der Waals surface area contributed by atoms with Crippen LogP contribution in [0.3, 0.4) is 0 Å². The Morgan fingerprint density at radius 1 is 1.33 bits per heavy atom. The normalized spacial score (nSPS) is 31.7. The monoisotopic (exact) mass is 162 g/mol. The second kappa shape index (κ2) is 3.26. The summed E-state index contributed by atoms with van der Waals surface area (Å²) in [5, 5.41) is 0. The van der Waals surface area contributed by atoms with E-state index in [0.29, 0.717) is 12.2 Å². The van der Waals surface area contributed by atoms with Gasteiger partial charge in [0.1, 0.15) is 5.78 Å². The van der Waals surface area contributed by atoms with Crippen LogP contribution in [0.25, 0.3) is 0 Å². The van der Waals surface area contributed by atoms with Crippen LogP contribution in [-0.2, 0) is 4.79 Å². The number of hydrogen-bond donors (Lipinski definition) is 0. The first-order valence-corrected chi connectivity index (χ1v) is 4.74. The molecule has 0 aliphatic heterocycles. The first-order chi connectivity index (χ1) is 5.86. The lowest BCUT2D eigenvalue weighted by Crippen LogP contribution is -1.97. The lowest BCUT2D eigenvalue weighted by atomic mass is 10.0. The van der Waals surface area contributed by atoms with Gasteiger partial charge in [-0.1, -0.05) is 18.2 Å². The molecule has 0 atom stereocenters. The van der Waals surface area contributed by atoms with Crippen LogP contribution < -0.4 is 0 Å². The van der Waals surface area contributed by atoms with Crippen molar-refractivity contribution in [1.29, 1.82) is 0 Å². The summed E-state index contributed by atoms with van der Waals surface area (Å²) >= 11 is 0. The van der Waals surface area contributed by atoms with Gasteiger partial charge in [0, 0.05) is 12.8 Å². The van der Waals surface area contributed by atoms with Crippen molar-refractivity contribution in [2.45, 2.75) is 32.1 Å². The maximum absolute atomic E-state index is 11.0. The number of ketones is 1. The molecule has 2 aliphatic carbocycles. The molecule has 0 unspecified atom stereocenters. The van der Waals surface area contributed by atoms with E-state index < -0.39 is 0 Å². The molecule has 12 heavy (non-hydrogen) atoms. The Morgan fingerprint density at radius 2 is 2.17 bits per heavy atom. The second-order valence-electron chi connectivity index (χ2n) is 3.66. The maximum Gasteiger partial charge on any atom is 0.136 e. The standard InChI is InChI=1S/C11H14O/c12-11-5-1-3-9(4-2-6-11)10-7-8-10/h1,3-4,10H,2,5-8H2/b3-1-,9-4+. The SMILES string of the molecule is O=C1C/C=C\C(C2CC2)=C/CC1. The van der Waals surface area contributed by atoms with Crippen LogP contribution in [0, 0.1) is 5.92 Å². The van der Waals surface area contributed by atoms with Crippen molar-refractivity contribution in [3.8, 4) is 0 Å². The van der Waals surface area contributed by atoms with E-state index in [0.717, 1.165) is 18.8 Å². The summed E-state index contributed by atoms with van der Waals surface area (Å²) in [6, 6.07) is 0. The zero-order valence-electron chi connectivity index (χ0n) is 7.25. The minimum absolute atomic E-state index is 0.373. The van der Waals surface area contributed by atoms with Gasteiger partial charge in [-0.25, -0.2) is 0 Å². The largest absolute Gasteiger partial charge is 0.299 e. The van der Waals surface area contributed by atoms with Crippen LogP contribution in [-0.4, -0.2) is 5.78 Å². The Morgan fingerprint density at radius 3 is 2.92 bits per heavy atom. The average molecular weight is 162 g/mol. The summed E-state index contributed by atoms with van der Waals surface area (Å²) in [7, 11) is 0. The van der Waals surface area contributed by atoms with Gasteiger partial charge in [0.2, 0.25) is 0 Å². The molecule has 2 rings (SSSR count). The zero-order valence-corrected chi connectivity index (χ0v) is 7.25. The number of Topliss-reactive ketones (excluding diaryl/α,β-unsaturated/α-hetero) is 1. The first-order valence-electron chi connectivity index (χ1n) is 4.74. The van der Waals surface area contributed by atoms with Crippen molar-refractivity contribution < 1.29 is 4.79 Å². The summed E-state index contributed by atoms with van der Waals surface area (Å²) in [6.07, 6.45) is 11.4. The van der Waals surface area contributed by atoms with Gasteiger partial charge in [-0.3, -0.25) is 4.79 Å². The number of rotatable bonds is 1. The molecule has 1 fully saturated rings. The summed E-state index contributed by atoms with van der Waals surface area (Å²) in [4.78, 5) is 11.0. The number of hydrogen-bond acceptors (Lipinski definition) is 1. The van der Waals surface area contributed by atoms with Crippen molar-refractivity contribution in [3.05, 3.63) is 23.8 Å². The van der Waals surface area contributed by atoms with Crippen molar-refractivity contribution in [3.63, 3.8) is 0 Å². The van der Waals surface area contributed by atoms with Crippen LogP contribution in [0.5, 0.6) is 0 Å². The minimum Gasteiger partial charge on any atom is -0.299 e. The van der Waals surface area contributed by atoms with E-state index in [-0.39, 0.29) is 0 Å². The molecule has 64 valence electrons. The van der Waals surface area contributed by atoms with Crippen LogP contribution in [0.1, 0.15) is 32.1 Å². The van der Waals surface area contributed by atoms with Gasteiger partial charge in [0.15, 0.2) is 0 Å². The molecule has 0 N–H and O–H groups in total. The van der Waals surface area contributed by atoms with Crippen molar-refractivity contribution >= 4 is 5.78 Å². The van der Waals surface area contributed by atoms with Gasteiger partial charge in [0.25, 0.3) is 0 Å². The summed E-state index contributed by atoms with van der Waals surface area (Å²) in [5.74, 6) is 1.20. The highest BCUT2D eigenvalue weighted by Crippen LogP contribution is 2.37. The van der Waals surface area contributed by atoms with Crippen LogP contribution in [0.2, 0.25) is 0 Å². The molecule has 1 heteroatoms. The third-order valence-electron chi connectivity index (χ3n) is 2.51. The van der Waals surface area contributed by atoms with Gasteiger partial charge < -0.3 is 0 Å². The lowest BCUT2D eigenvalue weighted by Gasteiger charge is -2.03. The molecule has 0 aromatic heterocycles. The smallest absolute Gasteiger partial charge is 0.136 e. The van der Waals surface area contributed by atoms with Gasteiger partial charge in [-0.15, -0.1) is 0 Å². The van der Waals surface area contributed by atoms with E-state index in [2.05, 4.69) is 12.2 Å². The molecular formula is C11H14O. The van der Waals surface area contributed by atoms with E-state index in [4.69, 9.17) is 0 Å². The molecule has 0 saturated heterocycles. The molecular weight excluding hydrogens is 148 g/mol. The van der Waals surface area contributed by atoms with Gasteiger partial charge in [0.05, 0.1) is 0 Å². The van der Waals surface area contributed by atoms with E-state index >= 15 is 0 Å². The molecule has 2 aliphatic rings. The average Bonchev–Trinajstić information content (AvgIpc) is 2.79. The number of carbonyl (C=O) groups excluding carboxylic acids is 1. The van der Waals surface area contributed by atoms with Gasteiger partial charge >= 0.3 is 0 Å². The molecule has 0 bridgehead atoms. The molecule has 0 aromatic carbocycles. The van der Waals surface area contributed by atoms with E-state index in [1.54, 1.807) is 0 Å². The fraction of sp³-hybridized carbons (Fsp3) is 0.545. The highest BCUT2D eigenvalue weighted by Gasteiger charge is 2.24. The first kappa shape index (κ1) is 7.78. The second-order valence-corrected chi connectivity index (χ2v) is 3.66. The fourth-order valence-electron chi connectivity index (χ4n) is 1.62. The molecule has 0 radical (unpaired) electrons. The highest BCUT2D eigenvalue weighted by molar-refractivity contribution is 5.80. The molecule has 0 aromatic rings. The van der Waals surface area contributed by atoms with Gasteiger partial charge in [-0.2, -0.15) is 0 Å². The zero-order chi connectivity index (χ0) is 8.39. The van der Waals surface area contributed by atoms with Crippen LogP contribution >= 0.6 is 0 Å². The van der Waals surface area contributed by atoms with E-state index in [9.17, 15) is 4.79 Å². The maximum atomic E-state index is 11.0. The van der Waals surface area contributed by atoms with Crippen LogP contribution in [0.4, 0.5) is 0 Å². The number of carbonyl (C=O) groups is 1. The third-order valence-corrected chi connectivity index (χ3v) is 2.51. The molecule has 1 nitrogen and oxygen atoms in total. The predicted octanol–water partition coefficient (Wildman–Crippen LogP) is 2.63. The highest BCUT2D eigenvalue weighted by atomic mass is 16.1. The van der Waals surface area contributed by atoms with Crippen molar-refractivity contribution in [2.24, 2.45) is 5.92 Å². The summed E-state index contributed by atoms with van der Waals surface area (Å²) < 4.78 is 0.